The lowest BCUT2D eigenvalue weighted by Gasteiger charge is -2.58. The molecule has 2 aromatic carbocycles. The van der Waals surface area contributed by atoms with Crippen molar-refractivity contribution in [3.63, 3.8) is 0 Å². The van der Waals surface area contributed by atoms with Crippen LogP contribution in [0.2, 0.25) is 0 Å². The molecule has 344 valence electrons. The first-order valence-corrected chi connectivity index (χ1v) is 25.2. The first kappa shape index (κ1) is 44.1. The third kappa shape index (κ3) is 5.57. The normalized spacial score (nSPS) is 36.8. The van der Waals surface area contributed by atoms with E-state index in [1.807, 2.05) is 30.8 Å². The summed E-state index contributed by atoms with van der Waals surface area (Å²) in [7, 11) is 9.98. The van der Waals surface area contributed by atoms with Crippen molar-refractivity contribution in [3.8, 4) is 5.75 Å². The Morgan fingerprint density at radius 3 is 2.48 bits per heavy atom. The number of ether oxygens (including phenoxy) is 5. The standard InChI is InChI=1S/C49H62N4O9S2/c1-10-44(57)24-30-25-46(42(55)59-8,39-32(15-19-52(26-30)27-44)33-21-31(64-63-28(3)4)13-14-36(33)50-39)35-22-34-37(23-38(35)58-7)51(6)49-47(34)17-20-53-18-12-16-45(11-2,40(47)53)41(61-29(5)54)48(49,62-49)43(56)60-9/h12-14,16,21-23,28,30,40-41,50,57H,10-11,15,17-20,24-27H2,1-9H3/t30-,40+,41-,44+,45-,46+,47-,48+,49+/m1/s1. The Morgan fingerprint density at radius 2 is 1.80 bits per heavy atom. The minimum absolute atomic E-state index is 0.0926. The van der Waals surface area contributed by atoms with Gasteiger partial charge in [-0.25, -0.2) is 4.79 Å². The molecule has 7 heterocycles. The summed E-state index contributed by atoms with van der Waals surface area (Å²) in [5.74, 6) is -1.10. The van der Waals surface area contributed by atoms with Crippen LogP contribution in [0.5, 0.6) is 5.75 Å². The maximum atomic E-state index is 15.6. The average molecular weight is 915 g/mol. The third-order valence-electron chi connectivity index (χ3n) is 16.4. The maximum Gasteiger partial charge on any atom is 0.347 e. The lowest BCUT2D eigenvalue weighted by Crippen LogP contribution is -2.75. The number of aromatic amines is 1. The number of carbonyl (C=O) groups excluding carboxylic acids is 3. The fraction of sp³-hybridized carbons (Fsp3) is 0.612. The van der Waals surface area contributed by atoms with Crippen LogP contribution in [0.25, 0.3) is 10.9 Å². The van der Waals surface area contributed by atoms with E-state index in [-0.39, 0.29) is 12.0 Å². The Kier molecular flexibility index (Phi) is 10.4. The highest BCUT2D eigenvalue weighted by atomic mass is 33.1. The van der Waals surface area contributed by atoms with E-state index in [0.29, 0.717) is 87.8 Å². The van der Waals surface area contributed by atoms with Crippen molar-refractivity contribution < 1.29 is 43.2 Å². The summed E-state index contributed by atoms with van der Waals surface area (Å²) in [5, 5.41) is 13.6. The van der Waals surface area contributed by atoms with E-state index in [1.54, 1.807) is 17.9 Å². The van der Waals surface area contributed by atoms with Crippen LogP contribution in [0.15, 0.2) is 47.4 Å². The van der Waals surface area contributed by atoms with Crippen molar-refractivity contribution in [3.05, 3.63) is 64.9 Å². The zero-order chi connectivity index (χ0) is 45.4. The molecule has 2 bridgehead atoms. The van der Waals surface area contributed by atoms with Crippen LogP contribution in [0.4, 0.5) is 5.69 Å². The number of likely N-dealkylation sites (N-methyl/N-ethyl adjacent to an activating group) is 1. The number of aromatic nitrogens is 1. The summed E-state index contributed by atoms with van der Waals surface area (Å²) in [6, 6.07) is 10.4. The SMILES string of the molecule is CC[C@]1(O)C[C@H]2CN(CCc3c([nH]c4ccc(SSC(C)C)cc34)[C@@](C(=O)OC)(c3cc4c(cc3OC)N(C)[C@@]35O[C@]3(C(=O)OC)[C@H](OC(C)=O)[C@]3(CC)C=CCN6CC[C@]45[C@@H]63)C2)C1. The molecule has 2 spiro atoms. The Balaban J connectivity index is 1.27. The lowest BCUT2D eigenvalue weighted by molar-refractivity contribution is -0.178. The minimum Gasteiger partial charge on any atom is -0.496 e. The number of H-pyrrole nitrogens is 1. The van der Waals surface area contributed by atoms with Gasteiger partial charge < -0.3 is 38.7 Å². The number of nitrogens with zero attached hydrogens (tertiary/aromatic N) is 3. The molecule has 3 aromatic rings. The van der Waals surface area contributed by atoms with Gasteiger partial charge in [-0.2, -0.15) is 0 Å². The minimum atomic E-state index is -1.67. The fourth-order valence-corrected chi connectivity index (χ4v) is 15.9. The van der Waals surface area contributed by atoms with Crippen LogP contribution in [0.1, 0.15) is 89.1 Å². The van der Waals surface area contributed by atoms with E-state index >= 15 is 4.79 Å². The van der Waals surface area contributed by atoms with Gasteiger partial charge in [-0.3, -0.25) is 19.4 Å². The van der Waals surface area contributed by atoms with Crippen LogP contribution in [-0.2, 0) is 50.6 Å². The summed E-state index contributed by atoms with van der Waals surface area (Å²) in [6.07, 6.45) is 6.61. The Bertz CT molecular complexity index is 2480. The molecule has 10 rings (SSSR count). The van der Waals surface area contributed by atoms with Gasteiger partial charge in [0.15, 0.2) is 11.8 Å². The van der Waals surface area contributed by atoms with Crippen molar-refractivity contribution in [2.24, 2.45) is 11.3 Å². The van der Waals surface area contributed by atoms with E-state index in [0.717, 1.165) is 38.3 Å². The van der Waals surface area contributed by atoms with Gasteiger partial charge >= 0.3 is 17.9 Å². The molecular formula is C49H62N4O9S2. The second-order valence-electron chi connectivity index (χ2n) is 19.7. The summed E-state index contributed by atoms with van der Waals surface area (Å²) in [5.41, 5.74) is -1.82. The molecule has 15 heteroatoms. The highest BCUT2D eigenvalue weighted by molar-refractivity contribution is 8.76. The molecule has 10 atom stereocenters. The zero-order valence-corrected chi connectivity index (χ0v) is 40.1. The Hall–Kier alpha value is -3.73. The molecule has 1 aromatic heterocycles. The number of fused-ring (bicyclic) bond motifs is 6. The summed E-state index contributed by atoms with van der Waals surface area (Å²) < 4.78 is 31.7. The molecule has 13 nitrogen and oxygen atoms in total. The van der Waals surface area contributed by atoms with Crippen molar-refractivity contribution in [1.82, 2.24) is 14.8 Å². The third-order valence-corrected chi connectivity index (χ3v) is 19.4. The van der Waals surface area contributed by atoms with Gasteiger partial charge in [0.25, 0.3) is 5.60 Å². The first-order chi connectivity index (χ1) is 30.6. The number of epoxide rings is 1. The van der Waals surface area contributed by atoms with E-state index in [1.165, 1.54) is 21.1 Å². The number of aliphatic hydroxyl groups is 1. The van der Waals surface area contributed by atoms with Crippen molar-refractivity contribution >= 4 is 56.1 Å². The van der Waals surface area contributed by atoms with Crippen LogP contribution in [0, 0.1) is 11.3 Å². The zero-order valence-electron chi connectivity index (χ0n) is 38.5. The quantitative estimate of drug-likeness (QED) is 0.0750. The number of benzene rings is 2. The number of methoxy groups -OCH3 is 3. The van der Waals surface area contributed by atoms with Gasteiger partial charge in [-0.15, -0.1) is 0 Å². The molecule has 2 N–H and O–H groups in total. The molecule has 3 saturated heterocycles. The number of anilines is 1. The monoisotopic (exact) mass is 914 g/mol. The van der Waals surface area contributed by atoms with E-state index in [2.05, 4.69) is 76.9 Å². The Morgan fingerprint density at radius 1 is 1.02 bits per heavy atom. The maximum absolute atomic E-state index is 15.6. The molecule has 4 fully saturated rings. The number of rotatable bonds is 10. The summed E-state index contributed by atoms with van der Waals surface area (Å²) in [4.78, 5) is 55.3. The van der Waals surface area contributed by atoms with E-state index in [9.17, 15) is 14.7 Å². The molecule has 0 amide bonds. The lowest BCUT2D eigenvalue weighted by atomic mass is 9.49. The largest absolute Gasteiger partial charge is 0.496 e. The van der Waals surface area contributed by atoms with Crippen molar-refractivity contribution in [1.29, 1.82) is 0 Å². The van der Waals surface area contributed by atoms with Gasteiger partial charge in [0, 0.05) is 95.7 Å². The predicted octanol–water partition coefficient (Wildman–Crippen LogP) is 6.51. The van der Waals surface area contributed by atoms with Gasteiger partial charge in [-0.05, 0) is 86.4 Å². The van der Waals surface area contributed by atoms with E-state index in [4.69, 9.17) is 23.7 Å². The number of piperidine rings is 1. The molecule has 6 aliphatic heterocycles. The fourth-order valence-electron chi connectivity index (χ4n) is 14.1. The number of nitrogens with one attached hydrogen (secondary N) is 1. The van der Waals surface area contributed by atoms with Crippen LogP contribution in [-0.4, -0.2) is 133 Å². The highest BCUT2D eigenvalue weighted by Crippen LogP contribution is 2.80. The molecule has 7 aliphatic rings. The summed E-state index contributed by atoms with van der Waals surface area (Å²) in [6.45, 7) is 13.3. The number of hydrogen-bond acceptors (Lipinski definition) is 14. The second kappa shape index (κ2) is 15.1. The van der Waals surface area contributed by atoms with Crippen LogP contribution < -0.4 is 9.64 Å². The molecular weight excluding hydrogens is 853 g/mol. The summed E-state index contributed by atoms with van der Waals surface area (Å²) >= 11 is 0. The van der Waals surface area contributed by atoms with Crippen molar-refractivity contribution in [2.75, 3.05) is 66.0 Å². The van der Waals surface area contributed by atoms with Crippen LogP contribution >= 0.6 is 21.6 Å². The molecule has 1 saturated carbocycles. The average Bonchev–Trinajstić information content (AvgIpc) is 3.53. The number of esters is 3. The Labute approximate surface area is 383 Å². The molecule has 0 radical (unpaired) electrons. The molecule has 1 unspecified atom stereocenters. The number of hydrogen-bond donors (Lipinski definition) is 2. The first-order valence-electron chi connectivity index (χ1n) is 23.0. The van der Waals surface area contributed by atoms with Gasteiger partial charge in [0.2, 0.25) is 0 Å². The second-order valence-corrected chi connectivity index (χ2v) is 22.6. The molecule has 1 aliphatic carbocycles. The van der Waals surface area contributed by atoms with Gasteiger partial charge in [0.1, 0.15) is 11.2 Å². The highest BCUT2D eigenvalue weighted by Gasteiger charge is 2.98. The van der Waals surface area contributed by atoms with Gasteiger partial charge in [-0.1, -0.05) is 61.4 Å². The smallest absolute Gasteiger partial charge is 0.347 e. The molecule has 64 heavy (non-hydrogen) atoms. The van der Waals surface area contributed by atoms with E-state index < -0.39 is 57.2 Å². The number of carbonyl (C=O) groups is 3. The predicted molar refractivity (Wildman–Crippen MR) is 247 cm³/mol. The van der Waals surface area contributed by atoms with Crippen molar-refractivity contribution in [2.45, 2.75) is 123 Å². The topological polar surface area (TPSA) is 146 Å². The van der Waals surface area contributed by atoms with Crippen LogP contribution in [0.3, 0.4) is 0 Å². The van der Waals surface area contributed by atoms with Gasteiger partial charge in [0.05, 0.1) is 32.3 Å².